The van der Waals surface area contributed by atoms with Crippen molar-refractivity contribution in [3.8, 4) is 0 Å². The van der Waals surface area contributed by atoms with E-state index in [0.29, 0.717) is 36.6 Å². The summed E-state index contributed by atoms with van der Waals surface area (Å²) in [5.41, 5.74) is 0. The van der Waals surface area contributed by atoms with Crippen LogP contribution in [0.5, 0.6) is 0 Å². The Morgan fingerprint density at radius 3 is 1.38 bits per heavy atom. The zero-order valence-electron chi connectivity index (χ0n) is 20.0. The highest BCUT2D eigenvalue weighted by Gasteiger charge is 2.32. The second-order valence-corrected chi connectivity index (χ2v) is 9.87. The van der Waals surface area contributed by atoms with Crippen molar-refractivity contribution in [2.24, 2.45) is 0 Å². The van der Waals surface area contributed by atoms with Gasteiger partial charge in [-0.1, -0.05) is 78.1 Å². The maximum atomic E-state index is 6.79. The Bertz CT molecular complexity index is 351. The van der Waals surface area contributed by atoms with Crippen LogP contribution < -0.4 is 0 Å². The zero-order chi connectivity index (χ0) is 20.9. The summed E-state index contributed by atoms with van der Waals surface area (Å²) in [4.78, 5) is 0. The standard InChI is InChI=1S/C26H50O3/c1-5-7-9-11-13-15-23(19-25-17-21(3)27-25)29-24(16-14-12-10-8-6-2)20-26-18-22(4)28-26/h21-26H,5-20H2,1-4H3. The topological polar surface area (TPSA) is 27.7 Å². The van der Waals surface area contributed by atoms with Crippen molar-refractivity contribution in [1.29, 1.82) is 0 Å². The molecule has 0 aliphatic carbocycles. The molecule has 3 heteroatoms. The first kappa shape index (κ1) is 25.1. The molecule has 2 aliphatic rings. The Balaban J connectivity index is 1.79. The molecular weight excluding hydrogens is 360 g/mol. The van der Waals surface area contributed by atoms with Crippen molar-refractivity contribution in [3.05, 3.63) is 0 Å². The second-order valence-electron chi connectivity index (χ2n) is 9.87. The van der Waals surface area contributed by atoms with E-state index in [0.717, 1.165) is 12.8 Å². The largest absolute Gasteiger partial charge is 0.375 e. The number of ether oxygens (including phenoxy) is 3. The summed E-state index contributed by atoms with van der Waals surface area (Å²) in [6.07, 6.45) is 22.9. The minimum absolute atomic E-state index is 0.368. The van der Waals surface area contributed by atoms with Crippen LogP contribution in [0.4, 0.5) is 0 Å². The van der Waals surface area contributed by atoms with Gasteiger partial charge < -0.3 is 14.2 Å². The Hall–Kier alpha value is -0.120. The molecule has 2 fully saturated rings. The molecule has 0 radical (unpaired) electrons. The number of hydrogen-bond acceptors (Lipinski definition) is 3. The van der Waals surface area contributed by atoms with Gasteiger partial charge in [-0.25, -0.2) is 0 Å². The van der Waals surface area contributed by atoms with Crippen LogP contribution in [0.3, 0.4) is 0 Å². The molecule has 0 amide bonds. The minimum atomic E-state index is 0.368. The van der Waals surface area contributed by atoms with E-state index in [4.69, 9.17) is 14.2 Å². The maximum Gasteiger partial charge on any atom is 0.0628 e. The first-order valence-corrected chi connectivity index (χ1v) is 13.1. The number of rotatable bonds is 18. The molecule has 0 aromatic heterocycles. The molecule has 0 saturated carbocycles. The summed E-state index contributed by atoms with van der Waals surface area (Å²) < 4.78 is 18.7. The van der Waals surface area contributed by atoms with Gasteiger partial charge in [0, 0.05) is 0 Å². The molecule has 6 unspecified atom stereocenters. The highest BCUT2D eigenvalue weighted by molar-refractivity contribution is 4.81. The van der Waals surface area contributed by atoms with Gasteiger partial charge in [-0.3, -0.25) is 0 Å². The lowest BCUT2D eigenvalue weighted by molar-refractivity contribution is -0.160. The van der Waals surface area contributed by atoms with Crippen LogP contribution in [0.15, 0.2) is 0 Å². The van der Waals surface area contributed by atoms with Gasteiger partial charge in [0.1, 0.15) is 0 Å². The molecule has 2 aliphatic heterocycles. The Kier molecular flexibility index (Phi) is 12.8. The lowest BCUT2D eigenvalue weighted by Crippen LogP contribution is -2.41. The van der Waals surface area contributed by atoms with Gasteiger partial charge in [-0.15, -0.1) is 0 Å². The molecule has 172 valence electrons. The molecule has 6 atom stereocenters. The van der Waals surface area contributed by atoms with Crippen molar-refractivity contribution in [1.82, 2.24) is 0 Å². The van der Waals surface area contributed by atoms with Crippen molar-refractivity contribution in [2.75, 3.05) is 0 Å². The molecule has 2 rings (SSSR count). The SMILES string of the molecule is CCCCCCCC(CC1CC(C)O1)OC(CCCCCCC)CC1CC(C)O1. The van der Waals surface area contributed by atoms with Gasteiger partial charge in [0.05, 0.1) is 36.6 Å². The summed E-state index contributed by atoms with van der Waals surface area (Å²) >= 11 is 0. The van der Waals surface area contributed by atoms with E-state index < -0.39 is 0 Å². The van der Waals surface area contributed by atoms with Crippen LogP contribution in [-0.2, 0) is 14.2 Å². The number of unbranched alkanes of at least 4 members (excludes halogenated alkanes) is 8. The summed E-state index contributed by atoms with van der Waals surface area (Å²) in [6, 6.07) is 0. The smallest absolute Gasteiger partial charge is 0.0628 e. The fourth-order valence-corrected chi connectivity index (χ4v) is 4.97. The average molecular weight is 411 g/mol. The molecule has 0 N–H and O–H groups in total. The monoisotopic (exact) mass is 410 g/mol. The van der Waals surface area contributed by atoms with Gasteiger partial charge in [0.15, 0.2) is 0 Å². The van der Waals surface area contributed by atoms with Crippen molar-refractivity contribution < 1.29 is 14.2 Å². The van der Waals surface area contributed by atoms with E-state index in [2.05, 4.69) is 27.7 Å². The average Bonchev–Trinajstić information content (AvgIpc) is 2.64. The number of hydrogen-bond donors (Lipinski definition) is 0. The predicted octanol–water partition coefficient (Wildman–Crippen LogP) is 7.60. The van der Waals surface area contributed by atoms with Crippen LogP contribution >= 0.6 is 0 Å². The molecule has 0 spiro atoms. The van der Waals surface area contributed by atoms with E-state index in [1.165, 1.54) is 89.9 Å². The Labute approximate surface area is 181 Å². The van der Waals surface area contributed by atoms with Crippen molar-refractivity contribution >= 4 is 0 Å². The predicted molar refractivity (Wildman–Crippen MR) is 123 cm³/mol. The van der Waals surface area contributed by atoms with E-state index >= 15 is 0 Å². The van der Waals surface area contributed by atoms with Gasteiger partial charge >= 0.3 is 0 Å². The first-order chi connectivity index (χ1) is 14.1. The second kappa shape index (κ2) is 14.8. The summed E-state index contributed by atoms with van der Waals surface area (Å²) in [7, 11) is 0. The molecular formula is C26H50O3. The third-order valence-corrected chi connectivity index (χ3v) is 6.73. The normalized spacial score (nSPS) is 28.6. The fraction of sp³-hybridized carbons (Fsp3) is 1.00. The molecule has 0 aromatic rings. The van der Waals surface area contributed by atoms with E-state index in [-0.39, 0.29) is 0 Å². The van der Waals surface area contributed by atoms with Gasteiger partial charge in [0.2, 0.25) is 0 Å². The van der Waals surface area contributed by atoms with Crippen molar-refractivity contribution in [3.63, 3.8) is 0 Å². The summed E-state index contributed by atoms with van der Waals surface area (Å²) in [5, 5.41) is 0. The summed E-state index contributed by atoms with van der Waals surface area (Å²) in [6.45, 7) is 8.95. The van der Waals surface area contributed by atoms with Crippen LogP contribution in [0.1, 0.15) is 130 Å². The lowest BCUT2D eigenvalue weighted by Gasteiger charge is -2.39. The fourth-order valence-electron chi connectivity index (χ4n) is 4.97. The highest BCUT2D eigenvalue weighted by Crippen LogP contribution is 2.31. The Morgan fingerprint density at radius 2 is 1.03 bits per heavy atom. The van der Waals surface area contributed by atoms with Crippen molar-refractivity contribution in [2.45, 2.75) is 167 Å². The minimum Gasteiger partial charge on any atom is -0.375 e. The third kappa shape index (κ3) is 10.6. The molecule has 0 aromatic carbocycles. The molecule has 29 heavy (non-hydrogen) atoms. The Morgan fingerprint density at radius 1 is 0.655 bits per heavy atom. The molecule has 3 nitrogen and oxygen atoms in total. The molecule has 2 saturated heterocycles. The summed E-state index contributed by atoms with van der Waals surface area (Å²) in [5.74, 6) is 0. The lowest BCUT2D eigenvalue weighted by atomic mass is 9.95. The van der Waals surface area contributed by atoms with Crippen LogP contribution in [0, 0.1) is 0 Å². The van der Waals surface area contributed by atoms with Gasteiger partial charge in [-0.05, 0) is 52.4 Å². The zero-order valence-corrected chi connectivity index (χ0v) is 20.0. The quantitative estimate of drug-likeness (QED) is 0.218. The maximum absolute atomic E-state index is 6.79. The molecule has 2 heterocycles. The third-order valence-electron chi connectivity index (χ3n) is 6.73. The molecule has 0 bridgehead atoms. The van der Waals surface area contributed by atoms with E-state index in [1.54, 1.807) is 0 Å². The first-order valence-electron chi connectivity index (χ1n) is 13.1. The van der Waals surface area contributed by atoms with Gasteiger partial charge in [-0.2, -0.15) is 0 Å². The van der Waals surface area contributed by atoms with E-state index in [1.807, 2.05) is 0 Å². The van der Waals surface area contributed by atoms with Crippen LogP contribution in [0.25, 0.3) is 0 Å². The highest BCUT2D eigenvalue weighted by atomic mass is 16.5. The van der Waals surface area contributed by atoms with Gasteiger partial charge in [0.25, 0.3) is 0 Å². The van der Waals surface area contributed by atoms with Crippen LogP contribution in [-0.4, -0.2) is 36.6 Å². The van der Waals surface area contributed by atoms with Crippen LogP contribution in [0.2, 0.25) is 0 Å². The van der Waals surface area contributed by atoms with E-state index in [9.17, 15) is 0 Å².